The number of hydrogen-bond donors (Lipinski definition) is 2. The molecule has 2 N–H and O–H groups in total. The standard InChI is InChI=1S/C17H29N7O/c1-4-18-17(19-9-7-10-23(2)12-13-25-3)20-14-16-22-21-15-8-5-6-11-24(15)16/h5-6,8,11H,4,7,9-10,12-14H2,1-3H3,(H2,18,19,20). The Balaban J connectivity index is 1.82. The molecule has 0 unspecified atom stereocenters. The molecule has 8 nitrogen and oxygen atoms in total. The molecule has 2 heterocycles. The van der Waals surface area contributed by atoms with E-state index in [2.05, 4.69) is 44.7 Å². The van der Waals surface area contributed by atoms with Crippen molar-refractivity contribution >= 4 is 11.6 Å². The fourth-order valence-corrected chi connectivity index (χ4v) is 2.40. The predicted octanol–water partition coefficient (Wildman–Crippen LogP) is 0.753. The Morgan fingerprint density at radius 3 is 2.96 bits per heavy atom. The summed E-state index contributed by atoms with van der Waals surface area (Å²) in [4.78, 5) is 6.87. The molecule has 0 spiro atoms. The SMILES string of the molecule is CCNC(=NCc1nnc2ccccn12)NCCCN(C)CCOC. The molecule has 0 aliphatic heterocycles. The van der Waals surface area contributed by atoms with Gasteiger partial charge in [-0.05, 0) is 39.1 Å². The van der Waals surface area contributed by atoms with Crippen molar-refractivity contribution in [2.75, 3.05) is 46.9 Å². The number of ether oxygens (including phenoxy) is 1. The van der Waals surface area contributed by atoms with Gasteiger partial charge in [-0.2, -0.15) is 0 Å². The van der Waals surface area contributed by atoms with E-state index in [0.717, 1.165) is 56.6 Å². The average Bonchev–Trinajstić information content (AvgIpc) is 3.04. The molecule has 0 saturated heterocycles. The van der Waals surface area contributed by atoms with Crippen molar-refractivity contribution in [2.24, 2.45) is 4.99 Å². The molecule has 0 bridgehead atoms. The van der Waals surface area contributed by atoms with Crippen LogP contribution in [0.15, 0.2) is 29.4 Å². The minimum Gasteiger partial charge on any atom is -0.383 e. The van der Waals surface area contributed by atoms with Crippen molar-refractivity contribution in [3.63, 3.8) is 0 Å². The first-order chi connectivity index (χ1) is 12.2. The van der Waals surface area contributed by atoms with Gasteiger partial charge in [0, 0.05) is 32.9 Å². The van der Waals surface area contributed by atoms with Crippen LogP contribution in [-0.4, -0.2) is 72.4 Å². The first-order valence-corrected chi connectivity index (χ1v) is 8.73. The van der Waals surface area contributed by atoms with E-state index in [-0.39, 0.29) is 0 Å². The number of guanidine groups is 1. The van der Waals surface area contributed by atoms with Gasteiger partial charge in [-0.3, -0.25) is 4.40 Å². The van der Waals surface area contributed by atoms with Crippen LogP contribution in [0.1, 0.15) is 19.2 Å². The molecule has 0 aliphatic carbocycles. The smallest absolute Gasteiger partial charge is 0.191 e. The summed E-state index contributed by atoms with van der Waals surface area (Å²) in [6.07, 6.45) is 2.99. The van der Waals surface area contributed by atoms with Crippen LogP contribution < -0.4 is 10.6 Å². The maximum absolute atomic E-state index is 5.09. The molecule has 0 saturated carbocycles. The molecule has 0 atom stereocenters. The third-order valence-electron chi connectivity index (χ3n) is 3.79. The van der Waals surface area contributed by atoms with E-state index >= 15 is 0 Å². The Labute approximate surface area is 149 Å². The lowest BCUT2D eigenvalue weighted by atomic mass is 10.4. The molecule has 138 valence electrons. The minimum absolute atomic E-state index is 0.480. The third kappa shape index (κ3) is 6.32. The third-order valence-corrected chi connectivity index (χ3v) is 3.79. The highest BCUT2D eigenvalue weighted by Gasteiger charge is 2.04. The fourth-order valence-electron chi connectivity index (χ4n) is 2.40. The van der Waals surface area contributed by atoms with Crippen molar-refractivity contribution in [1.82, 2.24) is 30.1 Å². The van der Waals surface area contributed by atoms with E-state index in [1.54, 1.807) is 7.11 Å². The maximum atomic E-state index is 5.09. The van der Waals surface area contributed by atoms with E-state index in [1.165, 1.54) is 0 Å². The van der Waals surface area contributed by atoms with Crippen LogP contribution in [0.4, 0.5) is 0 Å². The lowest BCUT2D eigenvalue weighted by Gasteiger charge is -2.16. The zero-order chi connectivity index (χ0) is 17.9. The molecule has 25 heavy (non-hydrogen) atoms. The zero-order valence-corrected chi connectivity index (χ0v) is 15.4. The van der Waals surface area contributed by atoms with Gasteiger partial charge in [0.15, 0.2) is 17.4 Å². The first kappa shape index (κ1) is 19.1. The van der Waals surface area contributed by atoms with E-state index < -0.39 is 0 Å². The second-order valence-electron chi connectivity index (χ2n) is 5.82. The van der Waals surface area contributed by atoms with E-state index in [0.29, 0.717) is 6.54 Å². The van der Waals surface area contributed by atoms with Crippen LogP contribution >= 0.6 is 0 Å². The van der Waals surface area contributed by atoms with Crippen molar-refractivity contribution in [3.8, 4) is 0 Å². The number of aromatic nitrogens is 3. The Morgan fingerprint density at radius 2 is 2.16 bits per heavy atom. The second-order valence-corrected chi connectivity index (χ2v) is 5.82. The Kier molecular flexibility index (Phi) is 8.14. The number of methoxy groups -OCH3 is 1. The monoisotopic (exact) mass is 347 g/mol. The minimum atomic E-state index is 0.480. The molecule has 0 fully saturated rings. The Hall–Kier alpha value is -2.19. The van der Waals surface area contributed by atoms with Gasteiger partial charge in [-0.1, -0.05) is 6.07 Å². The van der Waals surface area contributed by atoms with Crippen LogP contribution in [0.5, 0.6) is 0 Å². The molecule has 2 rings (SSSR count). The molecule has 0 aliphatic rings. The summed E-state index contributed by atoms with van der Waals surface area (Å²) in [5, 5.41) is 15.0. The largest absolute Gasteiger partial charge is 0.383 e. The number of nitrogens with one attached hydrogen (secondary N) is 2. The predicted molar refractivity (Wildman–Crippen MR) is 99.8 cm³/mol. The molecular weight excluding hydrogens is 318 g/mol. The highest BCUT2D eigenvalue weighted by atomic mass is 16.5. The van der Waals surface area contributed by atoms with Crippen LogP contribution in [-0.2, 0) is 11.3 Å². The number of hydrogen-bond acceptors (Lipinski definition) is 5. The van der Waals surface area contributed by atoms with Gasteiger partial charge in [0.1, 0.15) is 6.54 Å². The summed E-state index contributed by atoms with van der Waals surface area (Å²) in [6, 6.07) is 5.85. The number of aliphatic imine (C=N–C) groups is 1. The summed E-state index contributed by atoms with van der Waals surface area (Å²) in [5.74, 6) is 1.63. The van der Waals surface area contributed by atoms with Gasteiger partial charge in [0.05, 0.1) is 6.61 Å². The summed E-state index contributed by atoms with van der Waals surface area (Å²) in [5.41, 5.74) is 0.838. The molecular formula is C17H29N7O. The second kappa shape index (κ2) is 10.6. The average molecular weight is 347 g/mol. The number of fused-ring (bicyclic) bond motifs is 1. The van der Waals surface area contributed by atoms with Gasteiger partial charge in [-0.25, -0.2) is 4.99 Å². The summed E-state index contributed by atoms with van der Waals surface area (Å²) in [6.45, 7) is 6.95. The summed E-state index contributed by atoms with van der Waals surface area (Å²) < 4.78 is 7.04. The quantitative estimate of drug-likeness (QED) is 0.375. The van der Waals surface area contributed by atoms with Crippen LogP contribution in [0.2, 0.25) is 0 Å². The number of likely N-dealkylation sites (N-methyl/N-ethyl adjacent to an activating group) is 1. The van der Waals surface area contributed by atoms with Gasteiger partial charge in [-0.15, -0.1) is 10.2 Å². The topological polar surface area (TPSA) is 79.1 Å². The van der Waals surface area contributed by atoms with Crippen molar-refractivity contribution in [1.29, 1.82) is 0 Å². The lowest BCUT2D eigenvalue weighted by Crippen LogP contribution is -2.38. The Morgan fingerprint density at radius 1 is 1.28 bits per heavy atom. The summed E-state index contributed by atoms with van der Waals surface area (Å²) >= 11 is 0. The van der Waals surface area contributed by atoms with Gasteiger partial charge >= 0.3 is 0 Å². The summed E-state index contributed by atoms with van der Waals surface area (Å²) in [7, 11) is 3.84. The lowest BCUT2D eigenvalue weighted by molar-refractivity contribution is 0.161. The zero-order valence-electron chi connectivity index (χ0n) is 15.4. The first-order valence-electron chi connectivity index (χ1n) is 8.73. The number of pyridine rings is 1. The molecule has 0 radical (unpaired) electrons. The molecule has 8 heteroatoms. The molecule has 0 amide bonds. The number of rotatable bonds is 10. The van der Waals surface area contributed by atoms with Crippen molar-refractivity contribution in [3.05, 3.63) is 30.2 Å². The van der Waals surface area contributed by atoms with Crippen molar-refractivity contribution < 1.29 is 4.74 Å². The van der Waals surface area contributed by atoms with E-state index in [1.807, 2.05) is 28.8 Å². The van der Waals surface area contributed by atoms with Gasteiger partial charge in [0.2, 0.25) is 0 Å². The molecule has 2 aromatic heterocycles. The van der Waals surface area contributed by atoms with Gasteiger partial charge < -0.3 is 20.3 Å². The highest BCUT2D eigenvalue weighted by molar-refractivity contribution is 5.79. The number of nitrogens with zero attached hydrogens (tertiary/aromatic N) is 5. The van der Waals surface area contributed by atoms with Crippen LogP contribution in [0, 0.1) is 0 Å². The van der Waals surface area contributed by atoms with E-state index in [9.17, 15) is 0 Å². The van der Waals surface area contributed by atoms with E-state index in [4.69, 9.17) is 4.74 Å². The Bertz CT molecular complexity index is 655. The van der Waals surface area contributed by atoms with Gasteiger partial charge in [0.25, 0.3) is 0 Å². The normalized spacial score (nSPS) is 12.1. The van der Waals surface area contributed by atoms with Crippen LogP contribution in [0.25, 0.3) is 5.65 Å². The van der Waals surface area contributed by atoms with Crippen molar-refractivity contribution in [2.45, 2.75) is 19.9 Å². The molecule has 2 aromatic rings. The maximum Gasteiger partial charge on any atom is 0.191 e. The fraction of sp³-hybridized carbons (Fsp3) is 0.588. The highest BCUT2D eigenvalue weighted by Crippen LogP contribution is 2.03. The molecule has 0 aromatic carbocycles. The van der Waals surface area contributed by atoms with Crippen LogP contribution in [0.3, 0.4) is 0 Å².